The number of ketones is 1. The number of halogens is 2. The Morgan fingerprint density at radius 2 is 2.06 bits per heavy atom. The summed E-state index contributed by atoms with van der Waals surface area (Å²) in [6.07, 6.45) is 0. The summed E-state index contributed by atoms with van der Waals surface area (Å²) in [6.45, 7) is 2.51. The molecule has 0 saturated heterocycles. The molecule has 1 rings (SSSR count). The van der Waals surface area contributed by atoms with Gasteiger partial charge in [-0.2, -0.15) is 0 Å². The predicted molar refractivity (Wildman–Crippen MR) is 64.4 cm³/mol. The standard InChI is InChI=1S/C11H12ClFO3S/c1-3-17(15,16)11(2,12)10(14)8-5-4-6-9(13)7-8/h4-7H,3H2,1-2H3/t11-/m1/s1. The lowest BCUT2D eigenvalue weighted by atomic mass is 10.1. The number of carbonyl (C=O) groups excluding carboxylic acids is 1. The van der Waals surface area contributed by atoms with E-state index < -0.39 is 25.6 Å². The summed E-state index contributed by atoms with van der Waals surface area (Å²) < 4.78 is 34.2. The van der Waals surface area contributed by atoms with Crippen LogP contribution in [0.25, 0.3) is 0 Å². The molecule has 0 spiro atoms. The van der Waals surface area contributed by atoms with E-state index in [2.05, 4.69) is 0 Å². The van der Waals surface area contributed by atoms with E-state index in [0.717, 1.165) is 19.1 Å². The molecule has 0 radical (unpaired) electrons. The summed E-state index contributed by atoms with van der Waals surface area (Å²) in [7, 11) is -3.76. The average Bonchev–Trinajstić information content (AvgIpc) is 2.27. The number of hydrogen-bond donors (Lipinski definition) is 0. The number of carbonyl (C=O) groups is 1. The third-order valence-electron chi connectivity index (χ3n) is 2.46. The van der Waals surface area contributed by atoms with Crippen molar-refractivity contribution >= 4 is 27.2 Å². The Kier molecular flexibility index (Phi) is 3.94. The number of alkyl halides is 1. The van der Waals surface area contributed by atoms with Crippen LogP contribution in [0.2, 0.25) is 0 Å². The van der Waals surface area contributed by atoms with Crippen LogP contribution < -0.4 is 0 Å². The molecule has 0 bridgehead atoms. The monoisotopic (exact) mass is 278 g/mol. The molecule has 0 saturated carbocycles. The van der Waals surface area contributed by atoms with Gasteiger partial charge in [0.2, 0.25) is 4.21 Å². The van der Waals surface area contributed by atoms with Crippen molar-refractivity contribution in [2.75, 3.05) is 5.75 Å². The predicted octanol–water partition coefficient (Wildman–Crippen LogP) is 2.40. The third kappa shape index (κ3) is 2.66. The molecule has 0 fully saturated rings. The molecule has 0 amide bonds. The maximum atomic E-state index is 12.9. The Balaban J connectivity index is 3.23. The molecule has 0 aliphatic heterocycles. The van der Waals surface area contributed by atoms with Crippen LogP contribution in [0.15, 0.2) is 24.3 Å². The molecule has 0 unspecified atom stereocenters. The Labute approximate surface area is 105 Å². The highest BCUT2D eigenvalue weighted by Crippen LogP contribution is 2.28. The number of benzene rings is 1. The van der Waals surface area contributed by atoms with Gasteiger partial charge in [-0.1, -0.05) is 30.7 Å². The van der Waals surface area contributed by atoms with Crippen molar-refractivity contribution in [2.45, 2.75) is 18.1 Å². The van der Waals surface area contributed by atoms with Gasteiger partial charge in [0, 0.05) is 11.3 Å². The van der Waals surface area contributed by atoms with Gasteiger partial charge in [0.25, 0.3) is 0 Å². The second kappa shape index (κ2) is 4.74. The number of sulfone groups is 1. The molecule has 0 heterocycles. The molecule has 0 aliphatic rings. The van der Waals surface area contributed by atoms with Crippen LogP contribution >= 0.6 is 11.6 Å². The molecule has 1 aromatic carbocycles. The zero-order chi connectivity index (χ0) is 13.3. The lowest BCUT2D eigenvalue weighted by Gasteiger charge is -2.20. The Bertz CT molecular complexity index is 537. The lowest BCUT2D eigenvalue weighted by Crippen LogP contribution is -2.39. The van der Waals surface area contributed by atoms with Crippen LogP contribution in [-0.2, 0) is 9.84 Å². The first kappa shape index (κ1) is 14.1. The molecule has 0 aromatic heterocycles. The van der Waals surface area contributed by atoms with E-state index in [1.165, 1.54) is 19.1 Å². The van der Waals surface area contributed by atoms with E-state index in [9.17, 15) is 17.6 Å². The van der Waals surface area contributed by atoms with Gasteiger partial charge < -0.3 is 0 Å². The van der Waals surface area contributed by atoms with Gasteiger partial charge in [0.15, 0.2) is 15.6 Å². The number of rotatable bonds is 4. The van der Waals surface area contributed by atoms with Crippen molar-refractivity contribution < 1.29 is 17.6 Å². The Morgan fingerprint density at radius 1 is 1.47 bits per heavy atom. The van der Waals surface area contributed by atoms with E-state index in [0.29, 0.717) is 0 Å². The summed E-state index contributed by atoms with van der Waals surface area (Å²) in [6, 6.07) is 4.79. The number of Topliss-reactive ketones (excluding diaryl/α,β-unsaturated/α-hetero) is 1. The highest BCUT2D eigenvalue weighted by molar-refractivity contribution is 7.95. The molecule has 1 atom stereocenters. The first-order chi connectivity index (χ1) is 7.72. The van der Waals surface area contributed by atoms with Crippen molar-refractivity contribution in [3.63, 3.8) is 0 Å². The largest absolute Gasteiger partial charge is 0.291 e. The Hall–Kier alpha value is -0.940. The van der Waals surface area contributed by atoms with E-state index in [-0.39, 0.29) is 11.3 Å². The van der Waals surface area contributed by atoms with Crippen LogP contribution in [-0.4, -0.2) is 24.2 Å². The SMILES string of the molecule is CCS(=O)(=O)[C@@](C)(Cl)C(=O)c1cccc(F)c1. The fraction of sp³-hybridized carbons (Fsp3) is 0.364. The third-order valence-corrected chi connectivity index (χ3v) is 5.45. The smallest absolute Gasteiger partial charge is 0.205 e. The van der Waals surface area contributed by atoms with Crippen LogP contribution in [0, 0.1) is 5.82 Å². The summed E-state index contributed by atoms with van der Waals surface area (Å²) in [5.74, 6) is -1.69. The molecular weight excluding hydrogens is 267 g/mol. The van der Waals surface area contributed by atoms with Crippen molar-refractivity contribution in [1.82, 2.24) is 0 Å². The fourth-order valence-corrected chi connectivity index (χ4v) is 2.68. The van der Waals surface area contributed by atoms with Crippen molar-refractivity contribution in [1.29, 1.82) is 0 Å². The van der Waals surface area contributed by atoms with Crippen LogP contribution in [0.4, 0.5) is 4.39 Å². The second-order valence-corrected chi connectivity index (χ2v) is 7.26. The molecule has 0 N–H and O–H groups in total. The number of hydrogen-bond acceptors (Lipinski definition) is 3. The average molecular weight is 279 g/mol. The van der Waals surface area contributed by atoms with Crippen LogP contribution in [0.1, 0.15) is 24.2 Å². The summed E-state index contributed by atoms with van der Waals surface area (Å²) >= 11 is 5.81. The first-order valence-corrected chi connectivity index (χ1v) is 6.97. The molecule has 3 nitrogen and oxygen atoms in total. The lowest BCUT2D eigenvalue weighted by molar-refractivity contribution is 0.0977. The van der Waals surface area contributed by atoms with E-state index >= 15 is 0 Å². The normalized spacial score (nSPS) is 15.3. The molecule has 6 heteroatoms. The maximum absolute atomic E-state index is 12.9. The summed E-state index contributed by atoms with van der Waals surface area (Å²) in [5.41, 5.74) is -0.0560. The van der Waals surface area contributed by atoms with Gasteiger partial charge >= 0.3 is 0 Å². The minimum atomic E-state index is -3.76. The molecular formula is C11H12ClFO3S. The highest BCUT2D eigenvalue weighted by Gasteiger charge is 2.43. The second-order valence-electron chi connectivity index (χ2n) is 3.66. The van der Waals surface area contributed by atoms with Gasteiger partial charge in [0.1, 0.15) is 5.82 Å². The van der Waals surface area contributed by atoms with Gasteiger partial charge in [-0.25, -0.2) is 12.8 Å². The Morgan fingerprint density at radius 3 is 2.53 bits per heavy atom. The molecule has 0 aliphatic carbocycles. The first-order valence-electron chi connectivity index (χ1n) is 4.94. The van der Waals surface area contributed by atoms with Crippen molar-refractivity contribution in [2.24, 2.45) is 0 Å². The van der Waals surface area contributed by atoms with Gasteiger partial charge in [-0.15, -0.1) is 0 Å². The van der Waals surface area contributed by atoms with E-state index in [1.807, 2.05) is 0 Å². The van der Waals surface area contributed by atoms with Crippen molar-refractivity contribution in [3.8, 4) is 0 Å². The summed E-state index contributed by atoms with van der Waals surface area (Å²) in [4.78, 5) is 11.9. The van der Waals surface area contributed by atoms with Gasteiger partial charge in [-0.05, 0) is 19.1 Å². The molecule has 94 valence electrons. The van der Waals surface area contributed by atoms with Crippen molar-refractivity contribution in [3.05, 3.63) is 35.6 Å². The fourth-order valence-electron chi connectivity index (χ4n) is 1.30. The van der Waals surface area contributed by atoms with E-state index in [4.69, 9.17) is 11.6 Å². The molecule has 1 aromatic rings. The topological polar surface area (TPSA) is 51.2 Å². The highest BCUT2D eigenvalue weighted by atomic mass is 35.5. The van der Waals surface area contributed by atoms with Gasteiger partial charge in [0.05, 0.1) is 0 Å². The zero-order valence-electron chi connectivity index (χ0n) is 9.41. The summed E-state index contributed by atoms with van der Waals surface area (Å²) in [5, 5.41) is 0. The minimum absolute atomic E-state index is 0.0560. The minimum Gasteiger partial charge on any atom is -0.291 e. The molecule has 17 heavy (non-hydrogen) atoms. The maximum Gasteiger partial charge on any atom is 0.205 e. The van der Waals surface area contributed by atoms with Crippen LogP contribution in [0.3, 0.4) is 0 Å². The van der Waals surface area contributed by atoms with Crippen LogP contribution in [0.5, 0.6) is 0 Å². The zero-order valence-corrected chi connectivity index (χ0v) is 11.0. The van der Waals surface area contributed by atoms with Gasteiger partial charge in [-0.3, -0.25) is 4.79 Å². The van der Waals surface area contributed by atoms with E-state index in [1.54, 1.807) is 0 Å². The quantitative estimate of drug-likeness (QED) is 0.628.